The molecule has 0 spiro atoms. The fourth-order valence-electron chi connectivity index (χ4n) is 3.97. The minimum absolute atomic E-state index is 0.275. The van der Waals surface area contributed by atoms with Crippen LogP contribution in [0.3, 0.4) is 0 Å². The van der Waals surface area contributed by atoms with E-state index in [1.54, 1.807) is 0 Å². The molecule has 0 aliphatic heterocycles. The Balaban J connectivity index is 1.75. The molecular formula is C29H37NO. The molecule has 0 saturated heterocycles. The third-order valence-corrected chi connectivity index (χ3v) is 6.00. The Morgan fingerprint density at radius 2 is 1.32 bits per heavy atom. The molecule has 0 heterocycles. The van der Waals surface area contributed by atoms with Crippen LogP contribution in [0.4, 0.5) is 0 Å². The van der Waals surface area contributed by atoms with Crippen LogP contribution in [0.25, 0.3) is 0 Å². The number of hydrogen-bond donors (Lipinski definition) is 1. The molecule has 2 nitrogen and oxygen atoms in total. The van der Waals surface area contributed by atoms with E-state index in [4.69, 9.17) is 10.5 Å². The van der Waals surface area contributed by atoms with Crippen molar-refractivity contribution in [1.82, 2.24) is 0 Å². The van der Waals surface area contributed by atoms with Gasteiger partial charge in [-0.15, -0.1) is 0 Å². The van der Waals surface area contributed by atoms with Gasteiger partial charge in [-0.25, -0.2) is 0 Å². The summed E-state index contributed by atoms with van der Waals surface area (Å²) in [6, 6.07) is 21.5. The highest BCUT2D eigenvalue weighted by Gasteiger charge is 2.24. The van der Waals surface area contributed by atoms with E-state index >= 15 is 0 Å². The van der Waals surface area contributed by atoms with E-state index in [1.165, 1.54) is 22.3 Å². The van der Waals surface area contributed by atoms with Crippen molar-refractivity contribution in [3.05, 3.63) is 99.6 Å². The van der Waals surface area contributed by atoms with Crippen molar-refractivity contribution < 1.29 is 4.74 Å². The molecular weight excluding hydrogens is 378 g/mol. The van der Waals surface area contributed by atoms with Gasteiger partial charge in [-0.1, -0.05) is 75.4 Å². The largest absolute Gasteiger partial charge is 0.489 e. The van der Waals surface area contributed by atoms with E-state index in [9.17, 15) is 0 Å². The van der Waals surface area contributed by atoms with E-state index in [0.29, 0.717) is 6.61 Å². The fraction of sp³-hybridized carbons (Fsp3) is 0.379. The predicted molar refractivity (Wildman–Crippen MR) is 132 cm³/mol. The lowest BCUT2D eigenvalue weighted by Gasteiger charge is -2.27. The SMILES string of the molecule is Cc1ccc(C(C)(N)c2ccc(OCc3cccc(CC(C)(C)C)c3)c(C)c2)cc1C. The fourth-order valence-corrected chi connectivity index (χ4v) is 3.97. The van der Waals surface area contributed by atoms with Crippen molar-refractivity contribution in [2.45, 2.75) is 67.0 Å². The molecule has 3 aromatic carbocycles. The first-order valence-electron chi connectivity index (χ1n) is 11.1. The number of rotatable bonds is 6. The zero-order valence-electron chi connectivity index (χ0n) is 20.2. The second kappa shape index (κ2) is 8.88. The predicted octanol–water partition coefficient (Wildman–Crippen LogP) is 7.00. The zero-order chi connectivity index (χ0) is 22.8. The van der Waals surface area contributed by atoms with Crippen LogP contribution in [0.1, 0.15) is 66.6 Å². The van der Waals surface area contributed by atoms with Crippen LogP contribution in [0.15, 0.2) is 60.7 Å². The molecule has 2 heteroatoms. The maximum absolute atomic E-state index is 6.79. The Bertz CT molecular complexity index is 1060. The molecule has 0 aliphatic rings. The highest BCUT2D eigenvalue weighted by Crippen LogP contribution is 2.31. The molecule has 0 aromatic heterocycles. The topological polar surface area (TPSA) is 35.2 Å². The summed E-state index contributed by atoms with van der Waals surface area (Å²) in [5, 5.41) is 0. The van der Waals surface area contributed by atoms with E-state index in [1.807, 2.05) is 0 Å². The molecule has 0 radical (unpaired) electrons. The van der Waals surface area contributed by atoms with Gasteiger partial charge in [0, 0.05) is 0 Å². The minimum atomic E-state index is -0.553. The van der Waals surface area contributed by atoms with Gasteiger partial charge in [0.05, 0.1) is 5.54 Å². The summed E-state index contributed by atoms with van der Waals surface area (Å²) in [5.41, 5.74) is 14.9. The summed E-state index contributed by atoms with van der Waals surface area (Å²) in [4.78, 5) is 0. The highest BCUT2D eigenvalue weighted by molar-refractivity contribution is 5.45. The zero-order valence-corrected chi connectivity index (χ0v) is 20.2. The van der Waals surface area contributed by atoms with Crippen LogP contribution >= 0.6 is 0 Å². The van der Waals surface area contributed by atoms with Gasteiger partial charge in [0.15, 0.2) is 0 Å². The summed E-state index contributed by atoms with van der Waals surface area (Å²) >= 11 is 0. The van der Waals surface area contributed by atoms with Crippen molar-refractivity contribution in [1.29, 1.82) is 0 Å². The normalized spacial score (nSPS) is 13.7. The summed E-state index contributed by atoms with van der Waals surface area (Å²) < 4.78 is 6.18. The Morgan fingerprint density at radius 1 is 0.710 bits per heavy atom. The third kappa shape index (κ3) is 5.77. The molecule has 2 N–H and O–H groups in total. The summed E-state index contributed by atoms with van der Waals surface area (Å²) in [5.74, 6) is 0.904. The van der Waals surface area contributed by atoms with Gasteiger partial charge in [-0.3, -0.25) is 0 Å². The lowest BCUT2D eigenvalue weighted by Crippen LogP contribution is -2.34. The molecule has 0 bridgehead atoms. The van der Waals surface area contributed by atoms with Crippen molar-refractivity contribution in [2.75, 3.05) is 0 Å². The van der Waals surface area contributed by atoms with Crippen molar-refractivity contribution >= 4 is 0 Å². The molecule has 1 atom stereocenters. The van der Waals surface area contributed by atoms with E-state index in [-0.39, 0.29) is 5.41 Å². The van der Waals surface area contributed by atoms with Gasteiger partial charge in [0.25, 0.3) is 0 Å². The third-order valence-electron chi connectivity index (χ3n) is 6.00. The van der Waals surface area contributed by atoms with Gasteiger partial charge in [-0.05, 0) is 84.5 Å². The molecule has 3 rings (SSSR count). The van der Waals surface area contributed by atoms with Gasteiger partial charge in [-0.2, -0.15) is 0 Å². The van der Waals surface area contributed by atoms with Gasteiger partial charge in [0.2, 0.25) is 0 Å². The number of benzene rings is 3. The number of aryl methyl sites for hydroxylation is 3. The number of nitrogens with two attached hydrogens (primary N) is 1. The Labute approximate surface area is 188 Å². The quantitative estimate of drug-likeness (QED) is 0.470. The molecule has 0 amide bonds. The molecule has 3 aromatic rings. The highest BCUT2D eigenvalue weighted by atomic mass is 16.5. The average molecular weight is 416 g/mol. The Hall–Kier alpha value is -2.58. The molecule has 31 heavy (non-hydrogen) atoms. The molecule has 0 aliphatic carbocycles. The first kappa shape index (κ1) is 23.1. The number of ether oxygens (including phenoxy) is 1. The maximum Gasteiger partial charge on any atom is 0.122 e. The van der Waals surface area contributed by atoms with E-state index < -0.39 is 5.54 Å². The van der Waals surface area contributed by atoms with Crippen molar-refractivity contribution in [3.8, 4) is 5.75 Å². The average Bonchev–Trinajstić information content (AvgIpc) is 2.68. The standard InChI is InChI=1S/C29H37NO/c1-20-11-12-25(15-21(20)2)29(7,30)26-13-14-27(22(3)16-26)31-19-24-10-8-9-23(17-24)18-28(4,5)6/h8-17H,18-19,30H2,1-7H3. The Morgan fingerprint density at radius 3 is 1.94 bits per heavy atom. The molecule has 164 valence electrons. The lowest BCUT2D eigenvalue weighted by molar-refractivity contribution is 0.303. The van der Waals surface area contributed by atoms with Crippen LogP contribution in [0.5, 0.6) is 5.75 Å². The van der Waals surface area contributed by atoms with E-state index in [0.717, 1.165) is 28.9 Å². The smallest absolute Gasteiger partial charge is 0.122 e. The van der Waals surface area contributed by atoms with Gasteiger partial charge in [0.1, 0.15) is 12.4 Å². The Kier molecular flexibility index (Phi) is 6.62. The summed E-state index contributed by atoms with van der Waals surface area (Å²) in [7, 11) is 0. The summed E-state index contributed by atoms with van der Waals surface area (Å²) in [6.07, 6.45) is 1.06. The van der Waals surface area contributed by atoms with Crippen LogP contribution < -0.4 is 10.5 Å². The first-order valence-corrected chi connectivity index (χ1v) is 11.1. The van der Waals surface area contributed by atoms with Crippen molar-refractivity contribution in [2.24, 2.45) is 11.1 Å². The van der Waals surface area contributed by atoms with E-state index in [2.05, 4.69) is 109 Å². The molecule has 1 unspecified atom stereocenters. The minimum Gasteiger partial charge on any atom is -0.489 e. The monoisotopic (exact) mass is 415 g/mol. The molecule has 0 fully saturated rings. The second-order valence-corrected chi connectivity index (χ2v) is 10.3. The second-order valence-electron chi connectivity index (χ2n) is 10.3. The lowest BCUT2D eigenvalue weighted by atomic mass is 9.84. The summed E-state index contributed by atoms with van der Waals surface area (Å²) in [6.45, 7) is 15.8. The van der Waals surface area contributed by atoms with Crippen molar-refractivity contribution in [3.63, 3.8) is 0 Å². The van der Waals surface area contributed by atoms with Crippen LogP contribution in [0.2, 0.25) is 0 Å². The van der Waals surface area contributed by atoms with Crippen LogP contribution in [0, 0.1) is 26.2 Å². The van der Waals surface area contributed by atoms with Crippen LogP contribution in [-0.2, 0) is 18.6 Å². The molecule has 0 saturated carbocycles. The van der Waals surface area contributed by atoms with Gasteiger partial charge >= 0.3 is 0 Å². The first-order chi connectivity index (χ1) is 14.5. The maximum atomic E-state index is 6.79. The number of hydrogen-bond acceptors (Lipinski definition) is 2. The van der Waals surface area contributed by atoms with Gasteiger partial charge < -0.3 is 10.5 Å². The van der Waals surface area contributed by atoms with Crippen LogP contribution in [-0.4, -0.2) is 0 Å².